The van der Waals surface area contributed by atoms with Crippen molar-refractivity contribution in [1.82, 2.24) is 4.90 Å². The molecule has 0 radical (unpaired) electrons. The zero-order valence-corrected chi connectivity index (χ0v) is 14.1. The first-order chi connectivity index (χ1) is 9.99. The number of amides is 1. The van der Waals surface area contributed by atoms with Gasteiger partial charge in [-0.15, -0.1) is 0 Å². The van der Waals surface area contributed by atoms with Crippen molar-refractivity contribution in [2.75, 3.05) is 31.6 Å². The summed E-state index contributed by atoms with van der Waals surface area (Å²) in [5, 5.41) is 10.9. The summed E-state index contributed by atoms with van der Waals surface area (Å²) in [6, 6.07) is 6.03. The van der Waals surface area contributed by atoms with Crippen LogP contribution in [0, 0.1) is 13.8 Å². The zero-order chi connectivity index (χ0) is 16.3. The Labute approximate surface area is 129 Å². The van der Waals surface area contributed by atoms with Gasteiger partial charge in [-0.1, -0.05) is 39.0 Å². The molecule has 0 fully saturated rings. The molecule has 0 atom stereocenters. The molecule has 1 rings (SSSR count). The quantitative estimate of drug-likeness (QED) is 0.848. The molecule has 1 amide bonds. The molecule has 0 spiro atoms. The van der Waals surface area contributed by atoms with E-state index in [1.54, 1.807) is 0 Å². The second kappa shape index (κ2) is 11.3. The van der Waals surface area contributed by atoms with Crippen LogP contribution in [0.3, 0.4) is 0 Å². The normalized spacial score (nSPS) is 10.0. The van der Waals surface area contributed by atoms with E-state index >= 15 is 0 Å². The van der Waals surface area contributed by atoms with Gasteiger partial charge in [-0.05, 0) is 44.5 Å². The lowest BCUT2D eigenvalue weighted by Crippen LogP contribution is -2.33. The number of aliphatic hydroxyl groups excluding tert-OH is 1. The molecular formula is C17H30N2O2. The minimum Gasteiger partial charge on any atom is -0.396 e. The Morgan fingerprint density at radius 3 is 2.00 bits per heavy atom. The van der Waals surface area contributed by atoms with Crippen LogP contribution in [-0.2, 0) is 4.79 Å². The van der Waals surface area contributed by atoms with Gasteiger partial charge in [0.05, 0.1) is 6.54 Å². The second-order valence-corrected chi connectivity index (χ2v) is 5.00. The lowest BCUT2D eigenvalue weighted by molar-refractivity contribution is -0.117. The first kappa shape index (κ1) is 19.6. The predicted molar refractivity (Wildman–Crippen MR) is 89.7 cm³/mol. The van der Waals surface area contributed by atoms with Crippen molar-refractivity contribution in [3.05, 3.63) is 29.3 Å². The third-order valence-corrected chi connectivity index (χ3v) is 3.23. The largest absolute Gasteiger partial charge is 0.396 e. The third-order valence-electron chi connectivity index (χ3n) is 3.23. The Bertz CT molecular complexity index is 393. The maximum absolute atomic E-state index is 11.9. The van der Waals surface area contributed by atoms with Crippen LogP contribution in [-0.4, -0.2) is 42.2 Å². The number of aliphatic hydroxyl groups is 1. The molecule has 0 aliphatic rings. The van der Waals surface area contributed by atoms with E-state index in [1.807, 2.05) is 39.0 Å². The number of anilines is 1. The molecule has 0 aliphatic carbocycles. The number of nitrogens with one attached hydrogen (secondary N) is 1. The number of likely N-dealkylation sites (N-methyl/N-ethyl adjacent to an activating group) is 1. The second-order valence-electron chi connectivity index (χ2n) is 5.00. The lowest BCUT2D eigenvalue weighted by atomic mass is 10.1. The van der Waals surface area contributed by atoms with Crippen LogP contribution in [0.25, 0.3) is 0 Å². The van der Waals surface area contributed by atoms with Gasteiger partial charge in [0.1, 0.15) is 0 Å². The van der Waals surface area contributed by atoms with Crippen LogP contribution >= 0.6 is 0 Å². The summed E-state index contributed by atoms with van der Waals surface area (Å²) in [6.45, 7) is 12.7. The summed E-state index contributed by atoms with van der Waals surface area (Å²) in [4.78, 5) is 14.0. The molecule has 120 valence electrons. The predicted octanol–water partition coefficient (Wildman–Crippen LogP) is 2.97. The Hall–Kier alpha value is -1.39. The molecule has 0 heterocycles. The molecule has 4 nitrogen and oxygen atoms in total. The van der Waals surface area contributed by atoms with Gasteiger partial charge in [0, 0.05) is 12.3 Å². The van der Waals surface area contributed by atoms with Gasteiger partial charge in [-0.25, -0.2) is 0 Å². The fourth-order valence-corrected chi connectivity index (χ4v) is 1.84. The molecule has 0 saturated heterocycles. The van der Waals surface area contributed by atoms with Crippen LogP contribution < -0.4 is 5.32 Å². The Kier molecular flexibility index (Phi) is 10.5. The zero-order valence-electron chi connectivity index (χ0n) is 14.1. The van der Waals surface area contributed by atoms with Crippen LogP contribution in [0.15, 0.2) is 18.2 Å². The van der Waals surface area contributed by atoms with E-state index in [9.17, 15) is 4.79 Å². The van der Waals surface area contributed by atoms with Crippen LogP contribution in [0.2, 0.25) is 0 Å². The number of hydrogen-bond donors (Lipinski definition) is 2. The smallest absolute Gasteiger partial charge is 0.238 e. The monoisotopic (exact) mass is 294 g/mol. The summed E-state index contributed by atoms with van der Waals surface area (Å²) in [5.74, 6) is 0.0612. The Balaban J connectivity index is 0.000000885. The highest BCUT2D eigenvalue weighted by Crippen LogP contribution is 2.19. The summed E-state index contributed by atoms with van der Waals surface area (Å²) >= 11 is 0. The molecule has 0 aromatic heterocycles. The standard InChI is InChI=1S/C14H22N2O.C3H8O/c1-5-16(6-2)10-13(17)15-14-11(3)8-7-9-12(14)4;1-2-3-4/h7-9H,5-6,10H2,1-4H3,(H,15,17);4H,2-3H2,1H3. The van der Waals surface area contributed by atoms with Gasteiger partial charge in [0.2, 0.25) is 5.91 Å². The number of aryl methyl sites for hydroxylation is 2. The SMILES string of the molecule is CCCO.CCN(CC)CC(=O)Nc1c(C)cccc1C. The molecule has 0 bridgehead atoms. The van der Waals surface area contributed by atoms with Crippen molar-refractivity contribution in [1.29, 1.82) is 0 Å². The number of carbonyl (C=O) groups excluding carboxylic acids is 1. The van der Waals surface area contributed by atoms with E-state index in [2.05, 4.69) is 24.1 Å². The van der Waals surface area contributed by atoms with Gasteiger partial charge in [0.15, 0.2) is 0 Å². The van der Waals surface area contributed by atoms with E-state index in [4.69, 9.17) is 5.11 Å². The molecule has 21 heavy (non-hydrogen) atoms. The lowest BCUT2D eigenvalue weighted by Gasteiger charge is -2.18. The molecule has 1 aromatic carbocycles. The molecule has 1 aromatic rings. The van der Waals surface area contributed by atoms with Crippen molar-refractivity contribution in [3.8, 4) is 0 Å². The molecule has 0 unspecified atom stereocenters. The molecule has 4 heteroatoms. The van der Waals surface area contributed by atoms with Crippen molar-refractivity contribution < 1.29 is 9.90 Å². The van der Waals surface area contributed by atoms with Crippen molar-refractivity contribution >= 4 is 11.6 Å². The molecular weight excluding hydrogens is 264 g/mol. The fourth-order valence-electron chi connectivity index (χ4n) is 1.84. The van der Waals surface area contributed by atoms with E-state index in [1.165, 1.54) is 0 Å². The summed E-state index contributed by atoms with van der Waals surface area (Å²) in [6.07, 6.45) is 0.875. The van der Waals surface area contributed by atoms with Crippen LogP contribution in [0.1, 0.15) is 38.3 Å². The van der Waals surface area contributed by atoms with E-state index in [0.717, 1.165) is 36.3 Å². The molecule has 0 saturated carbocycles. The highest BCUT2D eigenvalue weighted by molar-refractivity contribution is 5.93. The van der Waals surface area contributed by atoms with E-state index in [0.29, 0.717) is 13.2 Å². The van der Waals surface area contributed by atoms with E-state index in [-0.39, 0.29) is 5.91 Å². The summed E-state index contributed by atoms with van der Waals surface area (Å²) < 4.78 is 0. The number of nitrogens with zero attached hydrogens (tertiary/aromatic N) is 1. The molecule has 0 aliphatic heterocycles. The van der Waals surface area contributed by atoms with Crippen LogP contribution in [0.5, 0.6) is 0 Å². The van der Waals surface area contributed by atoms with Crippen molar-refractivity contribution in [2.45, 2.75) is 41.0 Å². The number of para-hydroxylation sites is 1. The van der Waals surface area contributed by atoms with Gasteiger partial charge >= 0.3 is 0 Å². The highest BCUT2D eigenvalue weighted by atomic mass is 16.2. The highest BCUT2D eigenvalue weighted by Gasteiger charge is 2.09. The van der Waals surface area contributed by atoms with Gasteiger partial charge in [-0.2, -0.15) is 0 Å². The maximum Gasteiger partial charge on any atom is 0.238 e. The third kappa shape index (κ3) is 7.83. The van der Waals surface area contributed by atoms with Crippen molar-refractivity contribution in [3.63, 3.8) is 0 Å². The number of carbonyl (C=O) groups is 1. The first-order valence-electron chi connectivity index (χ1n) is 7.69. The number of benzene rings is 1. The number of hydrogen-bond acceptors (Lipinski definition) is 3. The van der Waals surface area contributed by atoms with Crippen LogP contribution in [0.4, 0.5) is 5.69 Å². The Morgan fingerprint density at radius 2 is 1.62 bits per heavy atom. The first-order valence-corrected chi connectivity index (χ1v) is 7.69. The average molecular weight is 294 g/mol. The fraction of sp³-hybridized carbons (Fsp3) is 0.588. The topological polar surface area (TPSA) is 52.6 Å². The number of rotatable bonds is 6. The summed E-state index contributed by atoms with van der Waals surface area (Å²) in [5.41, 5.74) is 3.17. The van der Waals surface area contributed by atoms with Gasteiger partial charge < -0.3 is 10.4 Å². The molecule has 2 N–H and O–H groups in total. The summed E-state index contributed by atoms with van der Waals surface area (Å²) in [7, 11) is 0. The van der Waals surface area contributed by atoms with Crippen molar-refractivity contribution in [2.24, 2.45) is 0 Å². The minimum absolute atomic E-state index is 0.0612. The van der Waals surface area contributed by atoms with Gasteiger partial charge in [-0.3, -0.25) is 9.69 Å². The van der Waals surface area contributed by atoms with E-state index < -0.39 is 0 Å². The Morgan fingerprint density at radius 1 is 1.14 bits per heavy atom. The maximum atomic E-state index is 11.9. The average Bonchev–Trinajstić information content (AvgIpc) is 2.49. The minimum atomic E-state index is 0.0612. The van der Waals surface area contributed by atoms with Gasteiger partial charge in [0.25, 0.3) is 0 Å².